The van der Waals surface area contributed by atoms with Gasteiger partial charge in [-0.1, -0.05) is 202 Å². The van der Waals surface area contributed by atoms with Gasteiger partial charge in [-0.25, -0.2) is 0 Å². The average Bonchev–Trinajstić information content (AvgIpc) is 3.30. The molecule has 0 aliphatic rings. The van der Waals surface area contributed by atoms with E-state index in [2.05, 4.69) is 86.8 Å². The molecule has 0 spiro atoms. The molecular weight excluding hydrogens is 870 g/mol. The Bertz CT molecular complexity index is 1380. The minimum atomic E-state index is -4.64. The van der Waals surface area contributed by atoms with Gasteiger partial charge in [0.25, 0.3) is 7.82 Å². The van der Waals surface area contributed by atoms with E-state index in [-0.39, 0.29) is 26.1 Å². The van der Waals surface area contributed by atoms with Gasteiger partial charge in [0.15, 0.2) is 6.10 Å². The van der Waals surface area contributed by atoms with E-state index < -0.39 is 32.5 Å². The average molecular weight is 974 g/mol. The van der Waals surface area contributed by atoms with Crippen molar-refractivity contribution in [3.05, 3.63) is 72.9 Å². The molecular formula is C58H104NO8P. The van der Waals surface area contributed by atoms with Crippen LogP contribution in [0.25, 0.3) is 0 Å². The smallest absolute Gasteiger partial charge is 0.306 e. The van der Waals surface area contributed by atoms with Crippen LogP contribution in [0.4, 0.5) is 0 Å². The molecule has 0 rings (SSSR count). The number of unbranched alkanes of at least 4 members (excludes halogenated alkanes) is 24. The van der Waals surface area contributed by atoms with Crippen molar-refractivity contribution >= 4 is 19.8 Å². The highest BCUT2D eigenvalue weighted by molar-refractivity contribution is 7.45. The minimum absolute atomic E-state index is 0.0380. The van der Waals surface area contributed by atoms with Crippen LogP contribution in [0.2, 0.25) is 0 Å². The second-order valence-electron chi connectivity index (χ2n) is 19.6. The quantitative estimate of drug-likeness (QED) is 0.0195. The van der Waals surface area contributed by atoms with Crippen molar-refractivity contribution in [2.75, 3.05) is 47.5 Å². The van der Waals surface area contributed by atoms with Crippen molar-refractivity contribution in [2.45, 2.75) is 238 Å². The maximum Gasteiger partial charge on any atom is 0.306 e. The zero-order valence-electron chi connectivity index (χ0n) is 44.5. The molecule has 2 atom stereocenters. The van der Waals surface area contributed by atoms with E-state index in [1.54, 1.807) is 0 Å². The van der Waals surface area contributed by atoms with Crippen molar-refractivity contribution in [3.63, 3.8) is 0 Å². The summed E-state index contributed by atoms with van der Waals surface area (Å²) in [6.45, 7) is 4.20. The molecule has 0 radical (unpaired) electrons. The second-order valence-corrected chi connectivity index (χ2v) is 21.0. The number of esters is 2. The van der Waals surface area contributed by atoms with Crippen molar-refractivity contribution in [1.29, 1.82) is 0 Å². The van der Waals surface area contributed by atoms with E-state index in [9.17, 15) is 19.0 Å². The number of hydrogen-bond acceptors (Lipinski definition) is 8. The van der Waals surface area contributed by atoms with Gasteiger partial charge in [0.2, 0.25) is 0 Å². The fourth-order valence-corrected chi connectivity index (χ4v) is 8.10. The van der Waals surface area contributed by atoms with Crippen LogP contribution in [0.5, 0.6) is 0 Å². The molecule has 2 unspecified atom stereocenters. The largest absolute Gasteiger partial charge is 0.756 e. The molecule has 0 aromatic rings. The second kappa shape index (κ2) is 49.4. The highest BCUT2D eigenvalue weighted by Crippen LogP contribution is 2.38. The molecule has 0 amide bonds. The van der Waals surface area contributed by atoms with Gasteiger partial charge in [-0.05, 0) is 89.9 Å². The summed E-state index contributed by atoms with van der Waals surface area (Å²) in [5.74, 6) is -0.857. The van der Waals surface area contributed by atoms with Crippen LogP contribution in [0, 0.1) is 0 Å². The first kappa shape index (κ1) is 65.5. The standard InChI is InChI=1S/C58H104NO8P/c1-6-8-10-12-14-16-18-20-22-24-26-28-29-31-33-35-37-39-41-43-45-47-49-51-58(61)67-56(55-66-68(62,63)65-53-52-59(3,4)5)54-64-57(60)50-48-46-44-42-40-38-36-34-32-30-27-25-23-21-19-17-15-13-11-9-7-2/h18-21,24-27,29,31-32,34,56H,6-17,22-23,28,30,33,35-55H2,1-5H3/b20-18-,21-19-,26-24-,27-25-,31-29-,34-32-. The molecule has 0 aliphatic carbocycles. The van der Waals surface area contributed by atoms with E-state index in [1.807, 2.05) is 21.1 Å². The number of phosphoric acid groups is 1. The Morgan fingerprint density at radius 1 is 0.456 bits per heavy atom. The zero-order valence-corrected chi connectivity index (χ0v) is 45.4. The van der Waals surface area contributed by atoms with Crippen LogP contribution in [-0.2, 0) is 32.7 Å². The van der Waals surface area contributed by atoms with Crippen molar-refractivity contribution in [2.24, 2.45) is 0 Å². The Morgan fingerprint density at radius 2 is 0.794 bits per heavy atom. The lowest BCUT2D eigenvalue weighted by Crippen LogP contribution is -2.37. The maximum absolute atomic E-state index is 12.8. The molecule has 0 N–H and O–H groups in total. The lowest BCUT2D eigenvalue weighted by Gasteiger charge is -2.28. The lowest BCUT2D eigenvalue weighted by atomic mass is 10.1. The number of carbonyl (C=O) groups excluding carboxylic acids is 2. The number of hydrogen-bond donors (Lipinski definition) is 0. The predicted molar refractivity (Wildman–Crippen MR) is 286 cm³/mol. The summed E-state index contributed by atoms with van der Waals surface area (Å²) in [6.07, 6.45) is 63.6. The summed E-state index contributed by atoms with van der Waals surface area (Å²) < 4.78 is 34.1. The number of allylic oxidation sites excluding steroid dienone is 12. The van der Waals surface area contributed by atoms with Gasteiger partial charge in [0, 0.05) is 12.8 Å². The third kappa shape index (κ3) is 52.8. The Balaban J connectivity index is 4.27. The van der Waals surface area contributed by atoms with Crippen LogP contribution in [0.1, 0.15) is 232 Å². The van der Waals surface area contributed by atoms with Crippen LogP contribution in [0.3, 0.4) is 0 Å². The van der Waals surface area contributed by atoms with Crippen LogP contribution < -0.4 is 4.89 Å². The van der Waals surface area contributed by atoms with E-state index in [0.29, 0.717) is 23.9 Å². The van der Waals surface area contributed by atoms with Crippen molar-refractivity contribution < 1.29 is 42.1 Å². The number of carbonyl (C=O) groups is 2. The van der Waals surface area contributed by atoms with Gasteiger partial charge in [-0.3, -0.25) is 14.2 Å². The number of phosphoric ester groups is 1. The molecule has 0 aromatic carbocycles. The number of likely N-dealkylation sites (N-methyl/N-ethyl adjacent to an activating group) is 1. The number of rotatable bonds is 50. The summed E-state index contributed by atoms with van der Waals surface area (Å²) in [5.41, 5.74) is 0. The van der Waals surface area contributed by atoms with Gasteiger partial charge in [-0.2, -0.15) is 0 Å². The predicted octanol–water partition coefficient (Wildman–Crippen LogP) is 16.3. The van der Waals surface area contributed by atoms with E-state index >= 15 is 0 Å². The summed E-state index contributed by atoms with van der Waals surface area (Å²) >= 11 is 0. The minimum Gasteiger partial charge on any atom is -0.756 e. The van der Waals surface area contributed by atoms with Crippen molar-refractivity contribution in [1.82, 2.24) is 0 Å². The fraction of sp³-hybridized carbons (Fsp3) is 0.759. The highest BCUT2D eigenvalue weighted by atomic mass is 31.2. The molecule has 0 aromatic heterocycles. The molecule has 10 heteroatoms. The molecule has 0 saturated heterocycles. The van der Waals surface area contributed by atoms with Crippen LogP contribution >= 0.6 is 7.82 Å². The summed E-state index contributed by atoms with van der Waals surface area (Å²) in [4.78, 5) is 37.8. The Labute approximate surface area is 418 Å². The van der Waals surface area contributed by atoms with Crippen LogP contribution in [0.15, 0.2) is 72.9 Å². The molecule has 0 fully saturated rings. The molecule has 68 heavy (non-hydrogen) atoms. The third-order valence-electron chi connectivity index (χ3n) is 11.7. The summed E-state index contributed by atoms with van der Waals surface area (Å²) in [6, 6.07) is 0. The molecule has 0 saturated carbocycles. The topological polar surface area (TPSA) is 111 Å². The number of nitrogens with zero attached hydrogens (tertiary/aromatic N) is 1. The van der Waals surface area contributed by atoms with Gasteiger partial charge in [0.05, 0.1) is 27.7 Å². The maximum atomic E-state index is 12.8. The number of ether oxygens (including phenoxy) is 2. The first-order valence-electron chi connectivity index (χ1n) is 27.6. The molecule has 0 aliphatic heterocycles. The summed E-state index contributed by atoms with van der Waals surface area (Å²) in [5, 5.41) is 0. The Hall–Kier alpha value is -2.55. The van der Waals surface area contributed by atoms with Gasteiger partial charge < -0.3 is 27.9 Å². The molecule has 0 heterocycles. The van der Waals surface area contributed by atoms with E-state index in [0.717, 1.165) is 83.5 Å². The number of quaternary nitrogens is 1. The highest BCUT2D eigenvalue weighted by Gasteiger charge is 2.21. The van der Waals surface area contributed by atoms with Gasteiger partial charge in [-0.15, -0.1) is 0 Å². The van der Waals surface area contributed by atoms with Crippen LogP contribution in [-0.4, -0.2) is 70.0 Å². The SMILES string of the molecule is CCCCCCC/C=C\C/C=C\C/C=C\CCCCCCCCCCC(=O)OC(COC(=O)CCCCCCCC/C=C\C/C=C\C/C=C\CCCCCCC)COP(=O)([O-])OCC[N+](C)(C)C. The van der Waals surface area contributed by atoms with Gasteiger partial charge in [0.1, 0.15) is 19.8 Å². The first-order chi connectivity index (χ1) is 33.0. The first-order valence-corrected chi connectivity index (χ1v) is 29.1. The van der Waals surface area contributed by atoms with E-state index in [1.165, 1.54) is 109 Å². The fourth-order valence-electron chi connectivity index (χ4n) is 7.37. The normalized spacial score (nSPS) is 13.9. The van der Waals surface area contributed by atoms with Crippen molar-refractivity contribution in [3.8, 4) is 0 Å². The molecule has 9 nitrogen and oxygen atoms in total. The molecule has 0 bridgehead atoms. The lowest BCUT2D eigenvalue weighted by molar-refractivity contribution is -0.870. The molecule has 394 valence electrons. The Morgan fingerprint density at radius 3 is 1.18 bits per heavy atom. The monoisotopic (exact) mass is 974 g/mol. The zero-order chi connectivity index (χ0) is 49.9. The van der Waals surface area contributed by atoms with Gasteiger partial charge >= 0.3 is 11.9 Å². The Kier molecular flexibility index (Phi) is 47.6. The summed E-state index contributed by atoms with van der Waals surface area (Å²) in [7, 11) is 1.15. The third-order valence-corrected chi connectivity index (χ3v) is 12.7. The van der Waals surface area contributed by atoms with E-state index in [4.69, 9.17) is 18.5 Å².